The summed E-state index contributed by atoms with van der Waals surface area (Å²) in [4.78, 5) is 26.8. The van der Waals surface area contributed by atoms with E-state index >= 15 is 0 Å². The smallest absolute Gasteiger partial charge is 0.255 e. The molecule has 0 aliphatic heterocycles. The second-order valence-electron chi connectivity index (χ2n) is 5.93. The number of benzene rings is 2. The third kappa shape index (κ3) is 5.55. The van der Waals surface area contributed by atoms with Crippen molar-refractivity contribution in [1.82, 2.24) is 4.90 Å². The molecule has 0 radical (unpaired) electrons. The van der Waals surface area contributed by atoms with E-state index in [9.17, 15) is 18.0 Å². The van der Waals surface area contributed by atoms with Crippen LogP contribution in [0.15, 0.2) is 48.5 Å². The molecular weight excluding hydrogens is 366 g/mol. The van der Waals surface area contributed by atoms with Crippen molar-refractivity contribution in [3.63, 3.8) is 0 Å². The minimum atomic E-state index is -3.38. The van der Waals surface area contributed by atoms with Crippen molar-refractivity contribution >= 4 is 33.2 Å². The van der Waals surface area contributed by atoms with Gasteiger partial charge in [0.25, 0.3) is 11.8 Å². The van der Waals surface area contributed by atoms with Crippen LogP contribution in [0.1, 0.15) is 34.6 Å². The highest BCUT2D eigenvalue weighted by Gasteiger charge is 2.18. The Morgan fingerprint density at radius 2 is 1.56 bits per heavy atom. The van der Waals surface area contributed by atoms with Crippen LogP contribution in [0, 0.1) is 0 Å². The quantitative estimate of drug-likeness (QED) is 0.761. The van der Waals surface area contributed by atoms with E-state index in [1.807, 2.05) is 13.8 Å². The first kappa shape index (κ1) is 20.4. The molecule has 0 saturated carbocycles. The lowest BCUT2D eigenvalue weighted by atomic mass is 10.1. The van der Waals surface area contributed by atoms with Crippen LogP contribution >= 0.6 is 0 Å². The highest BCUT2D eigenvalue weighted by Crippen LogP contribution is 2.19. The number of hydrogen-bond acceptors (Lipinski definition) is 4. The number of anilines is 2. The molecule has 2 rings (SSSR count). The largest absolute Gasteiger partial charge is 0.339 e. The molecule has 7 nitrogen and oxygen atoms in total. The molecular formula is C19H23N3O4S. The molecule has 0 atom stereocenters. The number of para-hydroxylation sites is 1. The van der Waals surface area contributed by atoms with Gasteiger partial charge in [-0.05, 0) is 50.2 Å². The Morgan fingerprint density at radius 1 is 0.963 bits per heavy atom. The second kappa shape index (κ2) is 8.68. The first-order chi connectivity index (χ1) is 12.7. The molecule has 0 bridgehead atoms. The van der Waals surface area contributed by atoms with E-state index in [0.717, 1.165) is 6.26 Å². The fraction of sp³-hybridized carbons (Fsp3) is 0.263. The lowest BCUT2D eigenvalue weighted by Crippen LogP contribution is -2.31. The zero-order chi connectivity index (χ0) is 20.0. The van der Waals surface area contributed by atoms with Gasteiger partial charge in [-0.25, -0.2) is 8.42 Å². The Morgan fingerprint density at radius 3 is 2.11 bits per heavy atom. The van der Waals surface area contributed by atoms with Gasteiger partial charge in [-0.1, -0.05) is 12.1 Å². The minimum absolute atomic E-state index is 0.149. The normalized spacial score (nSPS) is 10.9. The summed E-state index contributed by atoms with van der Waals surface area (Å²) in [6.45, 7) is 4.95. The van der Waals surface area contributed by atoms with Gasteiger partial charge < -0.3 is 10.2 Å². The fourth-order valence-electron chi connectivity index (χ4n) is 2.56. The van der Waals surface area contributed by atoms with Crippen molar-refractivity contribution in [1.29, 1.82) is 0 Å². The standard InChI is InChI=1S/C19H23N3O4S/c1-4-22(5-2)19(24)16-8-6-7-9-17(16)20-18(23)14-10-12-15(13-11-14)21-27(3,25)26/h6-13,21H,4-5H2,1-3H3,(H,20,23). The molecule has 0 spiro atoms. The van der Waals surface area contributed by atoms with Gasteiger partial charge in [0, 0.05) is 24.3 Å². The van der Waals surface area contributed by atoms with E-state index in [0.29, 0.717) is 35.6 Å². The number of amides is 2. The van der Waals surface area contributed by atoms with Gasteiger partial charge in [0.05, 0.1) is 17.5 Å². The van der Waals surface area contributed by atoms with Crippen molar-refractivity contribution in [3.05, 3.63) is 59.7 Å². The predicted molar refractivity (Wildman–Crippen MR) is 107 cm³/mol. The van der Waals surface area contributed by atoms with Crippen molar-refractivity contribution < 1.29 is 18.0 Å². The molecule has 2 N–H and O–H groups in total. The van der Waals surface area contributed by atoms with E-state index in [4.69, 9.17) is 0 Å². The van der Waals surface area contributed by atoms with Gasteiger partial charge in [-0.15, -0.1) is 0 Å². The van der Waals surface area contributed by atoms with Crippen molar-refractivity contribution in [3.8, 4) is 0 Å². The van der Waals surface area contributed by atoms with Crippen LogP contribution < -0.4 is 10.0 Å². The molecule has 0 heterocycles. The van der Waals surface area contributed by atoms with Crippen molar-refractivity contribution in [2.75, 3.05) is 29.4 Å². The van der Waals surface area contributed by atoms with Gasteiger partial charge >= 0.3 is 0 Å². The molecule has 0 aliphatic carbocycles. The molecule has 0 fully saturated rings. The summed E-state index contributed by atoms with van der Waals surface area (Å²) in [5.74, 6) is -0.538. The zero-order valence-electron chi connectivity index (χ0n) is 15.5. The maximum Gasteiger partial charge on any atom is 0.255 e. The number of nitrogens with one attached hydrogen (secondary N) is 2. The van der Waals surface area contributed by atoms with Crippen LogP contribution in [-0.4, -0.2) is 44.5 Å². The topological polar surface area (TPSA) is 95.6 Å². The van der Waals surface area contributed by atoms with E-state index < -0.39 is 10.0 Å². The average molecular weight is 389 g/mol. The van der Waals surface area contributed by atoms with Gasteiger partial charge in [0.1, 0.15) is 0 Å². The molecule has 144 valence electrons. The van der Waals surface area contributed by atoms with Gasteiger partial charge in [-0.2, -0.15) is 0 Å². The minimum Gasteiger partial charge on any atom is -0.339 e. The number of sulfonamides is 1. The van der Waals surface area contributed by atoms with E-state index in [2.05, 4.69) is 10.0 Å². The Balaban J connectivity index is 2.20. The molecule has 2 aromatic carbocycles. The summed E-state index contributed by atoms with van der Waals surface area (Å²) in [6, 6.07) is 12.9. The first-order valence-electron chi connectivity index (χ1n) is 8.52. The third-order valence-corrected chi connectivity index (χ3v) is 4.51. The van der Waals surface area contributed by atoms with Crippen LogP contribution in [0.4, 0.5) is 11.4 Å². The number of carbonyl (C=O) groups is 2. The first-order valence-corrected chi connectivity index (χ1v) is 10.4. The predicted octanol–water partition coefficient (Wildman–Crippen LogP) is 2.79. The van der Waals surface area contributed by atoms with E-state index in [1.165, 1.54) is 24.3 Å². The van der Waals surface area contributed by atoms with Crippen LogP contribution in [0.25, 0.3) is 0 Å². The maximum atomic E-state index is 12.6. The van der Waals surface area contributed by atoms with Crippen LogP contribution in [0.3, 0.4) is 0 Å². The molecule has 2 amide bonds. The highest BCUT2D eigenvalue weighted by atomic mass is 32.2. The number of carbonyl (C=O) groups excluding carboxylic acids is 2. The Kier molecular flexibility index (Phi) is 6.57. The van der Waals surface area contributed by atoms with E-state index in [1.54, 1.807) is 29.2 Å². The summed E-state index contributed by atoms with van der Waals surface area (Å²) in [5.41, 5.74) is 1.56. The highest BCUT2D eigenvalue weighted by molar-refractivity contribution is 7.92. The summed E-state index contributed by atoms with van der Waals surface area (Å²) >= 11 is 0. The van der Waals surface area contributed by atoms with Gasteiger partial charge in [0.15, 0.2) is 0 Å². The molecule has 0 aromatic heterocycles. The second-order valence-corrected chi connectivity index (χ2v) is 7.68. The lowest BCUT2D eigenvalue weighted by Gasteiger charge is -2.20. The Labute approximate surface area is 159 Å². The molecule has 0 aliphatic rings. The zero-order valence-corrected chi connectivity index (χ0v) is 16.3. The third-order valence-electron chi connectivity index (χ3n) is 3.91. The Hall–Kier alpha value is -2.87. The maximum absolute atomic E-state index is 12.6. The molecule has 0 saturated heterocycles. The molecule has 27 heavy (non-hydrogen) atoms. The lowest BCUT2D eigenvalue weighted by molar-refractivity contribution is 0.0774. The molecule has 2 aromatic rings. The summed E-state index contributed by atoms with van der Waals surface area (Å²) in [7, 11) is -3.38. The molecule has 8 heteroatoms. The van der Waals surface area contributed by atoms with Gasteiger partial charge in [-0.3, -0.25) is 14.3 Å². The molecule has 0 unspecified atom stereocenters. The number of rotatable bonds is 7. The summed E-state index contributed by atoms with van der Waals surface area (Å²) in [6.07, 6.45) is 1.05. The average Bonchev–Trinajstić information content (AvgIpc) is 2.62. The number of nitrogens with zero attached hydrogens (tertiary/aromatic N) is 1. The number of hydrogen-bond donors (Lipinski definition) is 2. The van der Waals surface area contributed by atoms with Crippen LogP contribution in [0.5, 0.6) is 0 Å². The van der Waals surface area contributed by atoms with Crippen LogP contribution in [-0.2, 0) is 10.0 Å². The monoisotopic (exact) mass is 389 g/mol. The van der Waals surface area contributed by atoms with Crippen molar-refractivity contribution in [2.45, 2.75) is 13.8 Å². The Bertz CT molecular complexity index is 920. The fourth-order valence-corrected chi connectivity index (χ4v) is 3.12. The van der Waals surface area contributed by atoms with Gasteiger partial charge in [0.2, 0.25) is 10.0 Å². The SMILES string of the molecule is CCN(CC)C(=O)c1ccccc1NC(=O)c1ccc(NS(C)(=O)=O)cc1. The summed E-state index contributed by atoms with van der Waals surface area (Å²) in [5, 5.41) is 2.75. The summed E-state index contributed by atoms with van der Waals surface area (Å²) < 4.78 is 24.8. The van der Waals surface area contributed by atoms with Crippen LogP contribution in [0.2, 0.25) is 0 Å². The van der Waals surface area contributed by atoms with E-state index in [-0.39, 0.29) is 11.8 Å². The van der Waals surface area contributed by atoms with Crippen molar-refractivity contribution in [2.24, 2.45) is 0 Å².